The third kappa shape index (κ3) is 2.44. The molecule has 0 N–H and O–H groups in total. The van der Waals surface area contributed by atoms with Crippen molar-refractivity contribution < 1.29 is 0 Å². The van der Waals surface area contributed by atoms with Crippen molar-refractivity contribution in [3.8, 4) is 21.6 Å². The van der Waals surface area contributed by atoms with Crippen LogP contribution in [0.1, 0.15) is 5.69 Å². The average molecular weight is 321 g/mol. The van der Waals surface area contributed by atoms with Gasteiger partial charge in [-0.05, 0) is 36.1 Å². The zero-order valence-corrected chi connectivity index (χ0v) is 12.9. The van der Waals surface area contributed by atoms with Crippen LogP contribution in [0, 0.1) is 6.92 Å². The van der Waals surface area contributed by atoms with Crippen LogP contribution >= 0.6 is 34.5 Å². The molecule has 0 radical (unpaired) electrons. The fourth-order valence-corrected chi connectivity index (χ4v) is 3.31. The molecule has 0 saturated heterocycles. The highest BCUT2D eigenvalue weighted by Crippen LogP contribution is 2.39. The van der Waals surface area contributed by atoms with Crippen molar-refractivity contribution in [2.45, 2.75) is 6.92 Å². The molecule has 0 amide bonds. The van der Waals surface area contributed by atoms with Gasteiger partial charge in [0.2, 0.25) is 0 Å². The quantitative estimate of drug-likeness (QED) is 0.624. The lowest BCUT2D eigenvalue weighted by Crippen LogP contribution is -1.96. The van der Waals surface area contributed by atoms with Crippen molar-refractivity contribution in [3.63, 3.8) is 0 Å². The summed E-state index contributed by atoms with van der Waals surface area (Å²) in [6, 6.07) is 11.7. The third-order valence-corrected chi connectivity index (χ3v) is 4.41. The SMILES string of the molecule is Cc1nnc(Cl)c(-c2cccs2)c1-c1ccc(Cl)cc1. The van der Waals surface area contributed by atoms with Gasteiger partial charge in [0.25, 0.3) is 0 Å². The number of aryl methyl sites for hydroxylation is 1. The van der Waals surface area contributed by atoms with Crippen LogP contribution < -0.4 is 0 Å². The van der Waals surface area contributed by atoms with E-state index in [1.54, 1.807) is 11.3 Å². The minimum atomic E-state index is 0.419. The van der Waals surface area contributed by atoms with E-state index in [1.165, 1.54) is 0 Å². The van der Waals surface area contributed by atoms with Gasteiger partial charge in [0.05, 0.1) is 5.69 Å². The number of halogens is 2. The van der Waals surface area contributed by atoms with Gasteiger partial charge in [-0.3, -0.25) is 0 Å². The lowest BCUT2D eigenvalue weighted by Gasteiger charge is -2.12. The number of aromatic nitrogens is 2. The summed E-state index contributed by atoms with van der Waals surface area (Å²) in [5.74, 6) is 0. The summed E-state index contributed by atoms with van der Waals surface area (Å²) >= 11 is 13.9. The lowest BCUT2D eigenvalue weighted by molar-refractivity contribution is 0.987. The number of nitrogens with zero attached hydrogens (tertiary/aromatic N) is 2. The molecule has 2 heterocycles. The highest BCUT2D eigenvalue weighted by molar-refractivity contribution is 7.13. The van der Waals surface area contributed by atoms with Gasteiger partial charge in [-0.25, -0.2) is 0 Å². The van der Waals surface area contributed by atoms with E-state index in [0.717, 1.165) is 27.3 Å². The molecule has 0 aliphatic carbocycles. The highest BCUT2D eigenvalue weighted by atomic mass is 35.5. The molecule has 0 saturated carbocycles. The van der Waals surface area contributed by atoms with Gasteiger partial charge in [0, 0.05) is 21.0 Å². The molecule has 3 rings (SSSR count). The predicted molar refractivity (Wildman–Crippen MR) is 85.5 cm³/mol. The smallest absolute Gasteiger partial charge is 0.154 e. The third-order valence-electron chi connectivity index (χ3n) is 3.01. The summed E-state index contributed by atoms with van der Waals surface area (Å²) in [7, 11) is 0. The van der Waals surface area contributed by atoms with Gasteiger partial charge in [-0.15, -0.1) is 16.4 Å². The van der Waals surface area contributed by atoms with Gasteiger partial charge >= 0.3 is 0 Å². The van der Waals surface area contributed by atoms with E-state index in [-0.39, 0.29) is 0 Å². The van der Waals surface area contributed by atoms with Crippen molar-refractivity contribution >= 4 is 34.5 Å². The number of hydrogen-bond donors (Lipinski definition) is 0. The minimum Gasteiger partial charge on any atom is -0.154 e. The lowest BCUT2D eigenvalue weighted by atomic mass is 9.99. The van der Waals surface area contributed by atoms with Crippen LogP contribution in [0.2, 0.25) is 10.2 Å². The van der Waals surface area contributed by atoms with E-state index >= 15 is 0 Å². The Kier molecular flexibility index (Phi) is 3.74. The second kappa shape index (κ2) is 5.52. The predicted octanol–water partition coefficient (Wildman–Crippen LogP) is 5.49. The molecule has 2 nitrogen and oxygen atoms in total. The van der Waals surface area contributed by atoms with Crippen LogP contribution in [0.5, 0.6) is 0 Å². The maximum absolute atomic E-state index is 6.28. The molecule has 100 valence electrons. The Morgan fingerprint density at radius 2 is 1.70 bits per heavy atom. The summed E-state index contributed by atoms with van der Waals surface area (Å²) < 4.78 is 0. The van der Waals surface area contributed by atoms with E-state index < -0.39 is 0 Å². The Bertz CT molecular complexity index is 737. The fourth-order valence-electron chi connectivity index (χ4n) is 2.12. The van der Waals surface area contributed by atoms with Gasteiger partial charge in [-0.1, -0.05) is 41.4 Å². The molecule has 1 aromatic carbocycles. The molecule has 3 aromatic rings. The van der Waals surface area contributed by atoms with Crippen LogP contribution in [-0.4, -0.2) is 10.2 Å². The summed E-state index contributed by atoms with van der Waals surface area (Å²) in [5, 5.41) is 11.3. The van der Waals surface area contributed by atoms with Gasteiger partial charge in [0.1, 0.15) is 0 Å². The monoisotopic (exact) mass is 320 g/mol. The molecule has 20 heavy (non-hydrogen) atoms. The summed E-state index contributed by atoms with van der Waals surface area (Å²) in [6.07, 6.45) is 0. The maximum Gasteiger partial charge on any atom is 0.160 e. The maximum atomic E-state index is 6.28. The van der Waals surface area contributed by atoms with Crippen molar-refractivity contribution in [1.29, 1.82) is 0 Å². The van der Waals surface area contributed by atoms with Crippen LogP contribution in [0.3, 0.4) is 0 Å². The minimum absolute atomic E-state index is 0.419. The van der Waals surface area contributed by atoms with Crippen LogP contribution in [0.4, 0.5) is 0 Å². The van der Waals surface area contributed by atoms with Crippen LogP contribution in [0.25, 0.3) is 21.6 Å². The van der Waals surface area contributed by atoms with Crippen molar-refractivity contribution in [2.24, 2.45) is 0 Å². The molecule has 5 heteroatoms. The van der Waals surface area contributed by atoms with E-state index in [4.69, 9.17) is 23.2 Å². The van der Waals surface area contributed by atoms with E-state index in [1.807, 2.05) is 48.7 Å². The first-order valence-corrected chi connectivity index (χ1v) is 7.63. The topological polar surface area (TPSA) is 25.8 Å². The Morgan fingerprint density at radius 1 is 0.950 bits per heavy atom. The number of hydrogen-bond acceptors (Lipinski definition) is 3. The molecule has 0 fully saturated rings. The molecule has 0 aliphatic heterocycles. The van der Waals surface area contributed by atoms with Crippen LogP contribution in [-0.2, 0) is 0 Å². The van der Waals surface area contributed by atoms with Crippen molar-refractivity contribution in [3.05, 3.63) is 57.6 Å². The van der Waals surface area contributed by atoms with Crippen molar-refractivity contribution in [2.75, 3.05) is 0 Å². The Balaban J connectivity index is 2.29. The van der Waals surface area contributed by atoms with E-state index in [0.29, 0.717) is 10.2 Å². The Labute approximate surface area is 131 Å². The number of rotatable bonds is 2. The molecule has 0 unspecified atom stereocenters. The first kappa shape index (κ1) is 13.6. The largest absolute Gasteiger partial charge is 0.160 e. The first-order chi connectivity index (χ1) is 9.66. The first-order valence-electron chi connectivity index (χ1n) is 5.99. The summed E-state index contributed by atoms with van der Waals surface area (Å²) in [6.45, 7) is 1.93. The van der Waals surface area contributed by atoms with Crippen molar-refractivity contribution in [1.82, 2.24) is 10.2 Å². The average Bonchev–Trinajstić information content (AvgIpc) is 2.96. The molecule has 2 aromatic heterocycles. The zero-order valence-electron chi connectivity index (χ0n) is 10.6. The molecule has 0 spiro atoms. The van der Waals surface area contributed by atoms with Crippen LogP contribution in [0.15, 0.2) is 41.8 Å². The summed E-state index contributed by atoms with van der Waals surface area (Å²) in [4.78, 5) is 1.08. The fraction of sp³-hybridized carbons (Fsp3) is 0.0667. The van der Waals surface area contributed by atoms with Gasteiger partial charge in [-0.2, -0.15) is 5.10 Å². The van der Waals surface area contributed by atoms with Gasteiger partial charge in [0.15, 0.2) is 5.15 Å². The number of benzene rings is 1. The molecular weight excluding hydrogens is 311 g/mol. The number of thiophene rings is 1. The Morgan fingerprint density at radius 3 is 2.35 bits per heavy atom. The second-order valence-corrected chi connectivity index (χ2v) is 6.05. The molecule has 0 atom stereocenters. The molecular formula is C15H10Cl2N2S. The molecule has 0 bridgehead atoms. The Hall–Kier alpha value is -1.42. The zero-order chi connectivity index (χ0) is 14.1. The highest BCUT2D eigenvalue weighted by Gasteiger charge is 2.17. The standard InChI is InChI=1S/C15H10Cl2N2S/c1-9-13(10-4-6-11(16)7-5-10)14(15(17)19-18-9)12-3-2-8-20-12/h2-8H,1H3. The van der Waals surface area contributed by atoms with E-state index in [2.05, 4.69) is 10.2 Å². The normalized spacial score (nSPS) is 10.8. The summed E-state index contributed by atoms with van der Waals surface area (Å²) in [5.41, 5.74) is 3.81. The second-order valence-electron chi connectivity index (χ2n) is 4.31. The van der Waals surface area contributed by atoms with E-state index in [9.17, 15) is 0 Å². The molecule has 0 aliphatic rings. The van der Waals surface area contributed by atoms with Gasteiger partial charge < -0.3 is 0 Å².